The Morgan fingerprint density at radius 1 is 1.29 bits per heavy atom. The number of amides is 1. The first-order valence-corrected chi connectivity index (χ1v) is 9.93. The molecule has 0 radical (unpaired) electrons. The Bertz CT molecular complexity index is 790. The number of benzene rings is 1. The second-order valence-corrected chi connectivity index (χ2v) is 8.46. The fourth-order valence-electron chi connectivity index (χ4n) is 3.08. The molecule has 2 atom stereocenters. The minimum Gasteiger partial charge on any atom is -0.359 e. The van der Waals surface area contributed by atoms with Gasteiger partial charge < -0.3 is 5.32 Å². The number of thiophene rings is 1. The summed E-state index contributed by atoms with van der Waals surface area (Å²) in [4.78, 5) is 13.0. The van der Waals surface area contributed by atoms with E-state index >= 15 is 0 Å². The zero-order valence-electron chi connectivity index (χ0n) is 13.2. The lowest BCUT2D eigenvalue weighted by molar-refractivity contribution is 0.0980. The summed E-state index contributed by atoms with van der Waals surface area (Å²) in [7, 11) is 0. The summed E-state index contributed by atoms with van der Waals surface area (Å²) in [5.74, 6) is 0.280. The van der Waals surface area contributed by atoms with Crippen molar-refractivity contribution in [2.45, 2.75) is 38.6 Å². The Hall–Kier alpha value is -0.880. The summed E-state index contributed by atoms with van der Waals surface area (Å²) < 4.78 is 0.887. The van der Waals surface area contributed by atoms with E-state index in [1.807, 2.05) is 12.1 Å². The normalized spacial score (nSPS) is 20.8. The Labute approximate surface area is 160 Å². The number of carbonyl (C=O) groups is 1. The monoisotopic (exact) mass is 400 g/mol. The van der Waals surface area contributed by atoms with Crippen molar-refractivity contribution in [3.05, 3.63) is 33.1 Å². The smallest absolute Gasteiger partial charge is 0.269 e. The van der Waals surface area contributed by atoms with E-state index in [1.165, 1.54) is 30.6 Å². The van der Waals surface area contributed by atoms with Crippen LogP contribution in [0.1, 0.15) is 42.3 Å². The maximum atomic E-state index is 12.5. The van der Waals surface area contributed by atoms with E-state index in [9.17, 15) is 4.79 Å². The van der Waals surface area contributed by atoms with E-state index in [-0.39, 0.29) is 5.91 Å². The van der Waals surface area contributed by atoms with Gasteiger partial charge in [0.25, 0.3) is 5.91 Å². The quantitative estimate of drug-likeness (QED) is 0.663. The van der Waals surface area contributed by atoms with Gasteiger partial charge in [-0.3, -0.25) is 10.1 Å². The minimum absolute atomic E-state index is 0.279. The average molecular weight is 401 g/mol. The molecule has 128 valence electrons. The molecule has 2 N–H and O–H groups in total. The molecule has 3 rings (SSSR count). The maximum Gasteiger partial charge on any atom is 0.269 e. The van der Waals surface area contributed by atoms with Gasteiger partial charge in [-0.25, -0.2) is 0 Å². The highest BCUT2D eigenvalue weighted by molar-refractivity contribution is 7.80. The van der Waals surface area contributed by atoms with E-state index < -0.39 is 0 Å². The number of rotatable bonds is 2. The van der Waals surface area contributed by atoms with Gasteiger partial charge >= 0.3 is 0 Å². The lowest BCUT2D eigenvalue weighted by Gasteiger charge is -2.30. The molecule has 0 unspecified atom stereocenters. The first kappa shape index (κ1) is 17.9. The van der Waals surface area contributed by atoms with E-state index in [0.29, 0.717) is 32.0 Å². The van der Waals surface area contributed by atoms with Crippen molar-refractivity contribution in [1.29, 1.82) is 0 Å². The number of hydrogen-bond acceptors (Lipinski definition) is 3. The third-order valence-electron chi connectivity index (χ3n) is 4.45. The number of nitrogens with one attached hydrogen (secondary N) is 2. The molecule has 1 saturated carbocycles. The van der Waals surface area contributed by atoms with Gasteiger partial charge in [0.2, 0.25) is 0 Å². The molecule has 2 aromatic rings. The van der Waals surface area contributed by atoms with Gasteiger partial charge in [-0.05, 0) is 43.1 Å². The third kappa shape index (κ3) is 3.85. The number of carbonyl (C=O) groups excluding carboxylic acids is 1. The van der Waals surface area contributed by atoms with Crippen LogP contribution >= 0.6 is 46.8 Å². The third-order valence-corrected chi connectivity index (χ3v) is 6.56. The lowest BCUT2D eigenvalue weighted by Crippen LogP contribution is -2.47. The summed E-state index contributed by atoms with van der Waals surface area (Å²) >= 11 is 19.0. The zero-order valence-corrected chi connectivity index (χ0v) is 16.3. The topological polar surface area (TPSA) is 41.1 Å². The first-order valence-electron chi connectivity index (χ1n) is 7.95. The molecule has 3 nitrogen and oxygen atoms in total. The molecule has 24 heavy (non-hydrogen) atoms. The van der Waals surface area contributed by atoms with Crippen LogP contribution in [0.25, 0.3) is 10.1 Å². The molecule has 1 aromatic carbocycles. The summed E-state index contributed by atoms with van der Waals surface area (Å²) in [6.07, 6.45) is 4.73. The van der Waals surface area contributed by atoms with Crippen LogP contribution in [0.4, 0.5) is 0 Å². The minimum atomic E-state index is -0.279. The van der Waals surface area contributed by atoms with Crippen LogP contribution < -0.4 is 10.6 Å². The van der Waals surface area contributed by atoms with Crippen molar-refractivity contribution in [3.8, 4) is 0 Å². The molecule has 1 amide bonds. The molecule has 0 spiro atoms. The van der Waals surface area contributed by atoms with Gasteiger partial charge in [0, 0.05) is 21.2 Å². The Balaban J connectivity index is 1.70. The number of fused-ring (bicyclic) bond motifs is 1. The van der Waals surface area contributed by atoms with Gasteiger partial charge in [0.1, 0.15) is 4.88 Å². The summed E-state index contributed by atoms with van der Waals surface area (Å²) in [5.41, 5.74) is 0. The summed E-state index contributed by atoms with van der Waals surface area (Å²) in [5, 5.41) is 8.29. The van der Waals surface area contributed by atoms with E-state index in [2.05, 4.69) is 17.6 Å². The first-order chi connectivity index (χ1) is 11.5. The van der Waals surface area contributed by atoms with Crippen LogP contribution in [0.3, 0.4) is 0 Å². The standard InChI is InChI=1S/C17H18Cl2N2OS2/c1-9-4-2-3-5-12(9)20-17(23)21-16(22)15-14(19)11-7-6-10(18)8-13(11)24-15/h6-9,12H,2-5H2,1H3,(H2,20,21,22,23)/t9-,12-/m1/s1. The van der Waals surface area contributed by atoms with Crippen molar-refractivity contribution >= 4 is 67.9 Å². The van der Waals surface area contributed by atoms with Gasteiger partial charge in [0.15, 0.2) is 5.11 Å². The van der Waals surface area contributed by atoms with Crippen LogP contribution in [0.5, 0.6) is 0 Å². The molecule has 0 bridgehead atoms. The van der Waals surface area contributed by atoms with Crippen LogP contribution in [-0.4, -0.2) is 17.1 Å². The van der Waals surface area contributed by atoms with Gasteiger partial charge in [-0.15, -0.1) is 11.3 Å². The molecule has 0 saturated heterocycles. The SMILES string of the molecule is C[C@@H]1CCCC[C@H]1NC(=S)NC(=O)c1sc2cc(Cl)ccc2c1Cl. The molecule has 1 fully saturated rings. The fraction of sp³-hybridized carbons (Fsp3) is 0.412. The van der Waals surface area contributed by atoms with Crippen LogP contribution in [0, 0.1) is 5.92 Å². The van der Waals surface area contributed by atoms with Crippen molar-refractivity contribution < 1.29 is 4.79 Å². The second-order valence-electron chi connectivity index (χ2n) is 6.18. The lowest BCUT2D eigenvalue weighted by atomic mass is 9.86. The predicted octanol–water partition coefficient (Wildman–Crippen LogP) is 5.39. The van der Waals surface area contributed by atoms with E-state index in [1.54, 1.807) is 6.07 Å². The van der Waals surface area contributed by atoms with Gasteiger partial charge in [0.05, 0.1) is 5.02 Å². The second kappa shape index (κ2) is 7.56. The summed E-state index contributed by atoms with van der Waals surface area (Å²) in [6, 6.07) is 5.72. The fourth-order valence-corrected chi connectivity index (χ4v) is 5.01. The maximum absolute atomic E-state index is 12.5. The van der Waals surface area contributed by atoms with E-state index in [4.69, 9.17) is 35.4 Å². The molecule has 1 aromatic heterocycles. The highest BCUT2D eigenvalue weighted by atomic mass is 35.5. The van der Waals surface area contributed by atoms with Gasteiger partial charge in [-0.2, -0.15) is 0 Å². The molecule has 1 heterocycles. The highest BCUT2D eigenvalue weighted by Crippen LogP contribution is 2.36. The van der Waals surface area contributed by atoms with Crippen LogP contribution in [-0.2, 0) is 0 Å². The molecule has 1 aliphatic carbocycles. The Kier molecular flexibility index (Phi) is 5.65. The van der Waals surface area contributed by atoms with Crippen molar-refractivity contribution in [2.75, 3.05) is 0 Å². The summed E-state index contributed by atoms with van der Waals surface area (Å²) in [6.45, 7) is 2.22. The predicted molar refractivity (Wildman–Crippen MR) is 106 cm³/mol. The zero-order chi connectivity index (χ0) is 17.3. The molecular weight excluding hydrogens is 383 g/mol. The van der Waals surface area contributed by atoms with Gasteiger partial charge in [-0.1, -0.05) is 49.0 Å². The number of hydrogen-bond donors (Lipinski definition) is 2. The van der Waals surface area contributed by atoms with Crippen LogP contribution in [0.2, 0.25) is 10.0 Å². The van der Waals surface area contributed by atoms with Crippen molar-refractivity contribution in [1.82, 2.24) is 10.6 Å². The Morgan fingerprint density at radius 2 is 2.04 bits per heavy atom. The molecule has 1 aliphatic rings. The van der Waals surface area contributed by atoms with Crippen LogP contribution in [0.15, 0.2) is 18.2 Å². The van der Waals surface area contributed by atoms with Crippen molar-refractivity contribution in [3.63, 3.8) is 0 Å². The molecule has 0 aliphatic heterocycles. The molecular formula is C17H18Cl2N2OS2. The highest BCUT2D eigenvalue weighted by Gasteiger charge is 2.23. The Morgan fingerprint density at radius 3 is 2.79 bits per heavy atom. The number of halogens is 2. The van der Waals surface area contributed by atoms with E-state index in [0.717, 1.165) is 16.5 Å². The average Bonchev–Trinajstić information content (AvgIpc) is 2.86. The largest absolute Gasteiger partial charge is 0.359 e. The van der Waals surface area contributed by atoms with Crippen molar-refractivity contribution in [2.24, 2.45) is 5.92 Å². The molecule has 7 heteroatoms. The number of thiocarbonyl (C=S) groups is 1.